The molecule has 0 aliphatic carbocycles. The Labute approximate surface area is 118 Å². The van der Waals surface area contributed by atoms with Gasteiger partial charge < -0.3 is 9.15 Å². The van der Waals surface area contributed by atoms with Crippen molar-refractivity contribution in [2.45, 2.75) is 13.5 Å². The van der Waals surface area contributed by atoms with Crippen LogP contribution < -0.4 is 4.74 Å². The smallest absolute Gasteiger partial charge is 0.253 e. The highest BCUT2D eigenvalue weighted by atomic mass is 79.9. The average molecular weight is 319 g/mol. The Morgan fingerprint density at radius 2 is 1.89 bits per heavy atom. The molecule has 0 unspecified atom stereocenters. The molecule has 19 heavy (non-hydrogen) atoms. The van der Waals surface area contributed by atoms with Gasteiger partial charge in [-0.25, -0.2) is 0 Å². The van der Waals surface area contributed by atoms with Crippen LogP contribution in [0.5, 0.6) is 5.75 Å². The van der Waals surface area contributed by atoms with E-state index in [2.05, 4.69) is 32.2 Å². The van der Waals surface area contributed by atoms with E-state index < -0.39 is 0 Å². The molecule has 1 aromatic heterocycles. The summed E-state index contributed by atoms with van der Waals surface area (Å²) < 4.78 is 12.0. The summed E-state index contributed by atoms with van der Waals surface area (Å²) in [6, 6.07) is 12.1. The van der Waals surface area contributed by atoms with Crippen molar-refractivity contribution in [2.24, 2.45) is 0 Å². The van der Waals surface area contributed by atoms with Gasteiger partial charge in [0.1, 0.15) is 5.75 Å². The maximum Gasteiger partial charge on any atom is 0.253 e. The van der Waals surface area contributed by atoms with Gasteiger partial charge in [0, 0.05) is 11.4 Å². The molecular weight excluding hydrogens is 308 g/mol. The lowest BCUT2D eigenvalue weighted by atomic mass is 10.1. The zero-order valence-electron chi connectivity index (χ0n) is 10.3. The fourth-order valence-corrected chi connectivity index (χ4v) is 2.20. The maximum absolute atomic E-state index is 5.64. The average Bonchev–Trinajstić information content (AvgIpc) is 2.82. The topological polar surface area (TPSA) is 48.2 Å². The maximum atomic E-state index is 5.64. The van der Waals surface area contributed by atoms with Crippen molar-refractivity contribution >= 4 is 26.7 Å². The van der Waals surface area contributed by atoms with Crippen molar-refractivity contribution in [1.29, 1.82) is 0 Å². The molecule has 0 amide bonds. The van der Waals surface area contributed by atoms with Crippen LogP contribution in [0.15, 0.2) is 45.3 Å². The van der Waals surface area contributed by atoms with Crippen LogP contribution in [0, 0.1) is 6.92 Å². The van der Waals surface area contributed by atoms with Crippen LogP contribution in [-0.4, -0.2) is 10.2 Å². The lowest BCUT2D eigenvalue weighted by Gasteiger charge is -2.05. The van der Waals surface area contributed by atoms with Gasteiger partial charge in [-0.3, -0.25) is 0 Å². The minimum Gasteiger partial charge on any atom is -0.484 e. The number of halogens is 1. The number of fused-ring (bicyclic) bond motifs is 1. The molecule has 96 valence electrons. The second-order valence-corrected chi connectivity index (χ2v) is 5.07. The lowest BCUT2D eigenvalue weighted by molar-refractivity contribution is 0.260. The zero-order valence-corrected chi connectivity index (χ0v) is 11.8. The lowest BCUT2D eigenvalue weighted by Crippen LogP contribution is -1.95. The first-order chi connectivity index (χ1) is 9.20. The molecule has 3 rings (SSSR count). The van der Waals surface area contributed by atoms with E-state index in [0.29, 0.717) is 11.8 Å². The Morgan fingerprint density at radius 1 is 1.11 bits per heavy atom. The number of aryl methyl sites for hydroxylation is 1. The van der Waals surface area contributed by atoms with Gasteiger partial charge in [0.25, 0.3) is 5.89 Å². The first kappa shape index (κ1) is 12.2. The predicted molar refractivity (Wildman–Crippen MR) is 75.0 cm³/mol. The molecule has 0 aliphatic rings. The van der Waals surface area contributed by atoms with E-state index in [0.717, 1.165) is 21.0 Å². The third-order valence-corrected chi connectivity index (χ3v) is 3.20. The molecule has 0 fully saturated rings. The third-order valence-electron chi connectivity index (χ3n) is 2.70. The summed E-state index contributed by atoms with van der Waals surface area (Å²) in [6.07, 6.45) is 0. The zero-order chi connectivity index (χ0) is 13.2. The number of benzene rings is 2. The van der Waals surface area contributed by atoms with Gasteiger partial charge in [0.05, 0.1) is 0 Å². The molecule has 1 heterocycles. The fraction of sp³-hybridized carbons (Fsp3) is 0.143. The molecular formula is C14H11BrN2O2. The predicted octanol–water partition coefficient (Wildman–Crippen LogP) is 3.87. The van der Waals surface area contributed by atoms with Gasteiger partial charge in [-0.2, -0.15) is 0 Å². The molecule has 3 aromatic rings. The van der Waals surface area contributed by atoms with Crippen molar-refractivity contribution < 1.29 is 9.15 Å². The summed E-state index contributed by atoms with van der Waals surface area (Å²) >= 11 is 3.46. The van der Waals surface area contributed by atoms with Crippen molar-refractivity contribution in [3.8, 4) is 5.75 Å². The summed E-state index contributed by atoms with van der Waals surface area (Å²) in [4.78, 5) is 0. The Morgan fingerprint density at radius 3 is 2.68 bits per heavy atom. The first-order valence-corrected chi connectivity index (χ1v) is 6.61. The fourth-order valence-electron chi connectivity index (χ4n) is 1.83. The van der Waals surface area contributed by atoms with E-state index in [1.165, 1.54) is 0 Å². The van der Waals surface area contributed by atoms with Crippen molar-refractivity contribution in [2.75, 3.05) is 0 Å². The highest BCUT2D eigenvalue weighted by Crippen LogP contribution is 2.24. The van der Waals surface area contributed by atoms with E-state index in [1.54, 1.807) is 6.92 Å². The molecule has 2 aromatic carbocycles. The standard InChI is InChI=1S/C14H11BrN2O2/c1-9-16-17-14(19-9)8-18-13-5-3-10-6-12(15)4-2-11(10)7-13/h2-7H,8H2,1H3. The van der Waals surface area contributed by atoms with Crippen molar-refractivity contribution in [1.82, 2.24) is 10.2 Å². The largest absolute Gasteiger partial charge is 0.484 e. The molecule has 0 aliphatic heterocycles. The summed E-state index contributed by atoms with van der Waals surface area (Å²) in [5.74, 6) is 1.81. The third kappa shape index (κ3) is 2.76. The second-order valence-electron chi connectivity index (χ2n) is 4.16. The Kier molecular flexibility index (Phi) is 3.21. The molecule has 0 N–H and O–H groups in total. The summed E-state index contributed by atoms with van der Waals surface area (Å²) in [6.45, 7) is 2.03. The number of hydrogen-bond acceptors (Lipinski definition) is 4. The molecule has 0 saturated carbocycles. The SMILES string of the molecule is Cc1nnc(COc2ccc3cc(Br)ccc3c2)o1. The van der Waals surface area contributed by atoms with E-state index >= 15 is 0 Å². The van der Waals surface area contributed by atoms with Gasteiger partial charge in [-0.05, 0) is 35.0 Å². The van der Waals surface area contributed by atoms with Crippen LogP contribution in [0.2, 0.25) is 0 Å². The number of hydrogen-bond donors (Lipinski definition) is 0. The minimum absolute atomic E-state index is 0.281. The van der Waals surface area contributed by atoms with Gasteiger partial charge in [0.2, 0.25) is 5.89 Å². The minimum atomic E-state index is 0.281. The summed E-state index contributed by atoms with van der Waals surface area (Å²) in [7, 11) is 0. The highest BCUT2D eigenvalue weighted by Gasteiger charge is 2.04. The molecule has 0 radical (unpaired) electrons. The van der Waals surface area contributed by atoms with Crippen LogP contribution in [0.1, 0.15) is 11.8 Å². The monoisotopic (exact) mass is 318 g/mol. The van der Waals surface area contributed by atoms with E-state index in [9.17, 15) is 0 Å². The Bertz CT molecular complexity index is 724. The van der Waals surface area contributed by atoms with Gasteiger partial charge in [-0.15, -0.1) is 10.2 Å². The van der Waals surface area contributed by atoms with Crippen molar-refractivity contribution in [3.63, 3.8) is 0 Å². The van der Waals surface area contributed by atoms with Crippen LogP contribution in [0.25, 0.3) is 10.8 Å². The number of aromatic nitrogens is 2. The number of rotatable bonds is 3. The molecule has 0 atom stereocenters. The Balaban J connectivity index is 1.79. The highest BCUT2D eigenvalue weighted by molar-refractivity contribution is 9.10. The molecule has 5 heteroatoms. The van der Waals surface area contributed by atoms with Crippen molar-refractivity contribution in [3.05, 3.63) is 52.7 Å². The number of ether oxygens (including phenoxy) is 1. The Hall–Kier alpha value is -1.88. The first-order valence-electron chi connectivity index (χ1n) is 5.82. The normalized spacial score (nSPS) is 10.8. The summed E-state index contributed by atoms with van der Waals surface area (Å²) in [5, 5.41) is 9.93. The summed E-state index contributed by atoms with van der Waals surface area (Å²) in [5.41, 5.74) is 0. The van der Waals surface area contributed by atoms with Crippen LogP contribution in [0.4, 0.5) is 0 Å². The van der Waals surface area contributed by atoms with E-state index in [4.69, 9.17) is 9.15 Å². The van der Waals surface area contributed by atoms with Gasteiger partial charge in [0.15, 0.2) is 6.61 Å². The van der Waals surface area contributed by atoms with Gasteiger partial charge >= 0.3 is 0 Å². The van der Waals surface area contributed by atoms with Crippen LogP contribution >= 0.6 is 15.9 Å². The van der Waals surface area contributed by atoms with E-state index in [1.807, 2.05) is 30.3 Å². The quantitative estimate of drug-likeness (QED) is 0.735. The van der Waals surface area contributed by atoms with Crippen LogP contribution in [-0.2, 0) is 6.61 Å². The van der Waals surface area contributed by atoms with Gasteiger partial charge in [-0.1, -0.05) is 28.1 Å². The molecule has 4 nitrogen and oxygen atoms in total. The second kappa shape index (κ2) is 5.01. The molecule has 0 bridgehead atoms. The molecule has 0 spiro atoms. The van der Waals surface area contributed by atoms with Crippen LogP contribution in [0.3, 0.4) is 0 Å². The van der Waals surface area contributed by atoms with E-state index in [-0.39, 0.29) is 6.61 Å². The molecule has 0 saturated heterocycles. The number of nitrogens with zero attached hydrogens (tertiary/aromatic N) is 2.